The maximum Gasteiger partial charge on any atom is 0.295 e. The summed E-state index contributed by atoms with van der Waals surface area (Å²) in [4.78, 5) is 18.3. The highest BCUT2D eigenvalue weighted by atomic mass is 16.5. The van der Waals surface area contributed by atoms with Crippen molar-refractivity contribution in [3.63, 3.8) is 0 Å². The number of carbonyl (C=O) groups excluding carboxylic acids is 1. The van der Waals surface area contributed by atoms with Crippen LogP contribution in [-0.4, -0.2) is 53.8 Å². The highest BCUT2D eigenvalue weighted by molar-refractivity contribution is 5.90. The molecular formula is C13H20N4O3. The predicted molar refractivity (Wildman–Crippen MR) is 70.2 cm³/mol. The Morgan fingerprint density at radius 1 is 1.45 bits per heavy atom. The number of nitrogens with one attached hydrogen (secondary N) is 1. The molecule has 110 valence electrons. The molecule has 2 atom stereocenters. The first kappa shape index (κ1) is 13.5. The lowest BCUT2D eigenvalue weighted by molar-refractivity contribution is 0.0260. The molecule has 20 heavy (non-hydrogen) atoms. The first-order valence-corrected chi connectivity index (χ1v) is 7.17. The molecule has 2 unspecified atom stereocenters. The van der Waals surface area contributed by atoms with Crippen LogP contribution in [-0.2, 0) is 4.74 Å². The number of likely N-dealkylation sites (tertiary alicyclic amines) is 1. The van der Waals surface area contributed by atoms with Crippen molar-refractivity contribution < 1.29 is 14.1 Å². The van der Waals surface area contributed by atoms with E-state index in [1.807, 2.05) is 0 Å². The lowest BCUT2D eigenvalue weighted by Crippen LogP contribution is -2.43. The minimum atomic E-state index is -0.167. The van der Waals surface area contributed by atoms with Crippen LogP contribution in [0.1, 0.15) is 48.2 Å². The van der Waals surface area contributed by atoms with E-state index in [4.69, 9.17) is 9.26 Å². The molecule has 2 fully saturated rings. The summed E-state index contributed by atoms with van der Waals surface area (Å²) in [6.45, 7) is 2.28. The number of hydrogen-bond donors (Lipinski definition) is 1. The van der Waals surface area contributed by atoms with Crippen molar-refractivity contribution in [2.24, 2.45) is 0 Å². The van der Waals surface area contributed by atoms with Gasteiger partial charge in [-0.2, -0.15) is 4.98 Å². The number of carbonyl (C=O) groups is 1. The molecule has 2 aliphatic rings. The smallest absolute Gasteiger partial charge is 0.295 e. The number of methoxy groups -OCH3 is 1. The van der Waals surface area contributed by atoms with E-state index in [2.05, 4.69) is 15.5 Å². The molecule has 7 nitrogen and oxygen atoms in total. The van der Waals surface area contributed by atoms with Crippen molar-refractivity contribution >= 4 is 5.91 Å². The SMILES string of the molecule is COC1CCCN(C(=O)c2noc(C3CCCN3)n2)C1. The molecule has 1 amide bonds. The number of nitrogens with zero attached hydrogens (tertiary/aromatic N) is 3. The molecule has 3 rings (SSSR count). The quantitative estimate of drug-likeness (QED) is 0.880. The minimum absolute atomic E-state index is 0.0946. The van der Waals surface area contributed by atoms with Gasteiger partial charge in [0.2, 0.25) is 5.89 Å². The molecule has 0 spiro atoms. The number of hydrogen-bond acceptors (Lipinski definition) is 6. The van der Waals surface area contributed by atoms with Gasteiger partial charge in [0.25, 0.3) is 11.7 Å². The number of aromatic nitrogens is 2. The van der Waals surface area contributed by atoms with Crippen LogP contribution in [0.5, 0.6) is 0 Å². The van der Waals surface area contributed by atoms with Gasteiger partial charge >= 0.3 is 0 Å². The second kappa shape index (κ2) is 5.88. The van der Waals surface area contributed by atoms with Gasteiger partial charge in [-0.05, 0) is 32.2 Å². The fraction of sp³-hybridized carbons (Fsp3) is 0.769. The topological polar surface area (TPSA) is 80.5 Å². The van der Waals surface area contributed by atoms with E-state index in [-0.39, 0.29) is 23.9 Å². The number of piperidine rings is 1. The number of ether oxygens (including phenoxy) is 1. The van der Waals surface area contributed by atoms with Crippen molar-refractivity contribution in [3.05, 3.63) is 11.7 Å². The maximum atomic E-state index is 12.4. The van der Waals surface area contributed by atoms with Crippen LogP contribution in [0.4, 0.5) is 0 Å². The monoisotopic (exact) mass is 280 g/mol. The van der Waals surface area contributed by atoms with Gasteiger partial charge in [-0.25, -0.2) is 0 Å². The van der Waals surface area contributed by atoms with Crippen molar-refractivity contribution in [1.82, 2.24) is 20.4 Å². The molecule has 7 heteroatoms. The van der Waals surface area contributed by atoms with Crippen molar-refractivity contribution in [2.45, 2.75) is 37.8 Å². The summed E-state index contributed by atoms with van der Waals surface area (Å²) in [5.74, 6) is 0.511. The molecule has 2 aliphatic heterocycles. The summed E-state index contributed by atoms with van der Waals surface area (Å²) in [5.41, 5.74) is 0. The Hall–Kier alpha value is -1.47. The zero-order chi connectivity index (χ0) is 13.9. The molecule has 0 bridgehead atoms. The standard InChI is InChI=1S/C13H20N4O3/c1-19-9-4-3-7-17(8-9)13(18)11-15-12(20-16-11)10-5-2-6-14-10/h9-10,14H,2-8H2,1H3. The molecular weight excluding hydrogens is 260 g/mol. The summed E-state index contributed by atoms with van der Waals surface area (Å²) in [7, 11) is 1.68. The first-order chi connectivity index (χ1) is 9.78. The van der Waals surface area contributed by atoms with Gasteiger partial charge in [0.05, 0.1) is 12.1 Å². The number of amides is 1. The Balaban J connectivity index is 1.67. The molecule has 3 heterocycles. The van der Waals surface area contributed by atoms with Gasteiger partial charge in [0, 0.05) is 20.2 Å². The summed E-state index contributed by atoms with van der Waals surface area (Å²) < 4.78 is 10.5. The summed E-state index contributed by atoms with van der Waals surface area (Å²) >= 11 is 0. The second-order valence-corrected chi connectivity index (χ2v) is 5.36. The zero-order valence-electron chi connectivity index (χ0n) is 11.7. The van der Waals surface area contributed by atoms with Gasteiger partial charge in [-0.3, -0.25) is 4.79 Å². The van der Waals surface area contributed by atoms with E-state index < -0.39 is 0 Å². The third-order valence-electron chi connectivity index (χ3n) is 3.99. The van der Waals surface area contributed by atoms with Gasteiger partial charge < -0.3 is 19.5 Å². The van der Waals surface area contributed by atoms with Crippen LogP contribution in [0.15, 0.2) is 4.52 Å². The minimum Gasteiger partial charge on any atom is -0.380 e. The van der Waals surface area contributed by atoms with E-state index in [1.54, 1.807) is 12.0 Å². The maximum absolute atomic E-state index is 12.4. The third-order valence-corrected chi connectivity index (χ3v) is 3.99. The Bertz CT molecular complexity index is 470. The average Bonchev–Trinajstić information content (AvgIpc) is 3.17. The van der Waals surface area contributed by atoms with E-state index in [1.165, 1.54) is 0 Å². The van der Waals surface area contributed by atoms with Crippen molar-refractivity contribution in [2.75, 3.05) is 26.7 Å². The van der Waals surface area contributed by atoms with Crippen LogP contribution in [0.3, 0.4) is 0 Å². The average molecular weight is 280 g/mol. The molecule has 0 saturated carbocycles. The second-order valence-electron chi connectivity index (χ2n) is 5.36. The summed E-state index contributed by atoms with van der Waals surface area (Å²) in [5, 5.41) is 7.11. The highest BCUT2D eigenvalue weighted by Gasteiger charge is 2.29. The van der Waals surface area contributed by atoms with E-state index in [0.717, 1.165) is 38.8 Å². The van der Waals surface area contributed by atoms with Crippen molar-refractivity contribution in [1.29, 1.82) is 0 Å². The summed E-state index contributed by atoms with van der Waals surface area (Å²) in [6, 6.07) is 0.0946. The lowest BCUT2D eigenvalue weighted by atomic mass is 10.1. The van der Waals surface area contributed by atoms with Crippen LogP contribution < -0.4 is 5.32 Å². The van der Waals surface area contributed by atoms with Crippen LogP contribution in [0.25, 0.3) is 0 Å². The largest absolute Gasteiger partial charge is 0.380 e. The molecule has 1 N–H and O–H groups in total. The van der Waals surface area contributed by atoms with Crippen molar-refractivity contribution in [3.8, 4) is 0 Å². The Morgan fingerprint density at radius 2 is 2.35 bits per heavy atom. The Labute approximate surface area is 117 Å². The Morgan fingerprint density at radius 3 is 3.10 bits per heavy atom. The van der Waals surface area contributed by atoms with E-state index in [9.17, 15) is 4.79 Å². The molecule has 2 saturated heterocycles. The normalized spacial score (nSPS) is 26.9. The van der Waals surface area contributed by atoms with Gasteiger partial charge in [0.15, 0.2) is 0 Å². The predicted octanol–water partition coefficient (Wildman–Crippen LogP) is 0.745. The lowest BCUT2D eigenvalue weighted by Gasteiger charge is -2.30. The molecule has 1 aromatic heterocycles. The zero-order valence-corrected chi connectivity index (χ0v) is 11.7. The molecule has 0 aromatic carbocycles. The number of rotatable bonds is 3. The molecule has 0 radical (unpaired) electrons. The van der Waals surface area contributed by atoms with Gasteiger partial charge in [-0.15, -0.1) is 0 Å². The highest BCUT2D eigenvalue weighted by Crippen LogP contribution is 2.22. The Kier molecular flexibility index (Phi) is 3.98. The summed E-state index contributed by atoms with van der Waals surface area (Å²) in [6.07, 6.45) is 4.11. The van der Waals surface area contributed by atoms with E-state index >= 15 is 0 Å². The fourth-order valence-electron chi connectivity index (χ4n) is 2.82. The molecule has 1 aromatic rings. The van der Waals surface area contributed by atoms with E-state index in [0.29, 0.717) is 12.4 Å². The first-order valence-electron chi connectivity index (χ1n) is 7.17. The van der Waals surface area contributed by atoms with Crippen LogP contribution in [0, 0.1) is 0 Å². The van der Waals surface area contributed by atoms with Crippen LogP contribution in [0.2, 0.25) is 0 Å². The van der Waals surface area contributed by atoms with Gasteiger partial charge in [-0.1, -0.05) is 5.16 Å². The molecule has 0 aliphatic carbocycles. The third kappa shape index (κ3) is 2.69. The van der Waals surface area contributed by atoms with Gasteiger partial charge in [0.1, 0.15) is 0 Å². The fourth-order valence-corrected chi connectivity index (χ4v) is 2.82. The van der Waals surface area contributed by atoms with Crippen LogP contribution >= 0.6 is 0 Å².